The highest BCUT2D eigenvalue weighted by molar-refractivity contribution is 7.98. The summed E-state index contributed by atoms with van der Waals surface area (Å²) in [5.41, 5.74) is 1.43. The van der Waals surface area contributed by atoms with Gasteiger partial charge in [-0.3, -0.25) is 9.59 Å². The third-order valence-electron chi connectivity index (χ3n) is 5.90. The van der Waals surface area contributed by atoms with Gasteiger partial charge in [0.15, 0.2) is 0 Å². The molecule has 36 heavy (non-hydrogen) atoms. The molecule has 0 heterocycles. The average molecular weight is 515 g/mol. The molecule has 0 bridgehead atoms. The second kappa shape index (κ2) is 17.7. The monoisotopic (exact) mass is 514 g/mol. The average Bonchev–Trinajstić information content (AvgIpc) is 2.90. The van der Waals surface area contributed by atoms with Crippen LogP contribution in [0.15, 0.2) is 42.5 Å². The number of nitrogens with one attached hydrogen (secondary N) is 2. The molecule has 0 saturated heterocycles. The first-order valence-electron chi connectivity index (χ1n) is 13.1. The summed E-state index contributed by atoms with van der Waals surface area (Å²) < 4.78 is 11.2. The van der Waals surface area contributed by atoms with Crippen LogP contribution in [0.5, 0.6) is 11.5 Å². The molecule has 2 amide bonds. The number of benzene rings is 2. The first-order valence-corrected chi connectivity index (χ1v) is 14.5. The van der Waals surface area contributed by atoms with Crippen LogP contribution in [0, 0.1) is 0 Å². The Morgan fingerprint density at radius 1 is 0.833 bits per heavy atom. The first kappa shape index (κ1) is 29.6. The van der Waals surface area contributed by atoms with Crippen LogP contribution in [0.2, 0.25) is 0 Å². The van der Waals surface area contributed by atoms with E-state index in [0.29, 0.717) is 35.7 Å². The molecule has 0 aliphatic rings. The summed E-state index contributed by atoms with van der Waals surface area (Å²) in [6, 6.07) is 12.1. The van der Waals surface area contributed by atoms with Gasteiger partial charge < -0.3 is 20.1 Å². The number of carbonyl (C=O) groups is 2. The molecule has 0 aliphatic heterocycles. The Hall–Kier alpha value is -2.67. The number of methoxy groups -OCH3 is 1. The lowest BCUT2D eigenvalue weighted by atomic mass is 10.1. The lowest BCUT2D eigenvalue weighted by Gasteiger charge is -2.13. The van der Waals surface area contributed by atoms with Crippen LogP contribution in [-0.4, -0.2) is 44.1 Å². The Labute approximate surface area is 220 Å². The number of hydrogen-bond acceptors (Lipinski definition) is 5. The second-order valence-corrected chi connectivity index (χ2v) is 9.80. The quantitative estimate of drug-likeness (QED) is 0.211. The molecule has 198 valence electrons. The largest absolute Gasteiger partial charge is 0.495 e. The van der Waals surface area contributed by atoms with Gasteiger partial charge in [0.05, 0.1) is 19.4 Å². The number of hydrogen-bond donors (Lipinski definition) is 2. The molecule has 0 aromatic heterocycles. The van der Waals surface area contributed by atoms with E-state index in [0.717, 1.165) is 24.3 Å². The maximum atomic E-state index is 12.8. The Morgan fingerprint density at radius 2 is 1.50 bits per heavy atom. The normalized spacial score (nSPS) is 10.6. The maximum Gasteiger partial charge on any atom is 0.255 e. The van der Waals surface area contributed by atoms with Gasteiger partial charge in [-0.05, 0) is 67.3 Å². The third-order valence-corrected chi connectivity index (χ3v) is 6.60. The molecule has 0 spiro atoms. The highest BCUT2D eigenvalue weighted by Gasteiger charge is 2.14. The lowest BCUT2D eigenvalue weighted by molar-refractivity contribution is 0.0952. The molecule has 7 heteroatoms. The van der Waals surface area contributed by atoms with E-state index in [1.165, 1.54) is 52.1 Å². The lowest BCUT2D eigenvalue weighted by Crippen LogP contribution is -2.25. The first-order chi connectivity index (χ1) is 17.6. The summed E-state index contributed by atoms with van der Waals surface area (Å²) in [5.74, 6) is 1.79. The van der Waals surface area contributed by atoms with E-state index in [1.54, 1.807) is 42.1 Å². The summed E-state index contributed by atoms with van der Waals surface area (Å²) in [4.78, 5) is 25.3. The Morgan fingerprint density at radius 3 is 2.17 bits per heavy atom. The van der Waals surface area contributed by atoms with E-state index in [9.17, 15) is 9.59 Å². The molecular formula is C29H42N2O4S. The molecule has 0 unspecified atom stereocenters. The summed E-state index contributed by atoms with van der Waals surface area (Å²) in [6.07, 6.45) is 13.0. The van der Waals surface area contributed by atoms with E-state index in [2.05, 4.69) is 17.6 Å². The van der Waals surface area contributed by atoms with Gasteiger partial charge in [-0.15, -0.1) is 0 Å². The molecule has 2 aromatic rings. The molecule has 2 rings (SSSR count). The fraction of sp³-hybridized carbons (Fsp3) is 0.517. The number of thioether (sulfide) groups is 1. The molecule has 0 atom stereocenters. The van der Waals surface area contributed by atoms with Crippen LogP contribution in [0.1, 0.15) is 85.4 Å². The van der Waals surface area contributed by atoms with Crippen molar-refractivity contribution >= 4 is 29.3 Å². The van der Waals surface area contributed by atoms with Crippen molar-refractivity contribution in [1.82, 2.24) is 5.32 Å². The van der Waals surface area contributed by atoms with Gasteiger partial charge in [0, 0.05) is 17.7 Å². The minimum Gasteiger partial charge on any atom is -0.495 e. The molecule has 2 aromatic carbocycles. The number of carbonyl (C=O) groups excluding carboxylic acids is 2. The number of anilines is 1. The fourth-order valence-electron chi connectivity index (χ4n) is 3.79. The minimum atomic E-state index is -0.277. The van der Waals surface area contributed by atoms with Gasteiger partial charge in [-0.25, -0.2) is 0 Å². The maximum absolute atomic E-state index is 12.8. The molecule has 0 radical (unpaired) electrons. The molecular weight excluding hydrogens is 472 g/mol. The zero-order valence-corrected chi connectivity index (χ0v) is 22.9. The van der Waals surface area contributed by atoms with Crippen molar-refractivity contribution in [3.05, 3.63) is 53.6 Å². The Kier molecular flexibility index (Phi) is 14.5. The summed E-state index contributed by atoms with van der Waals surface area (Å²) in [7, 11) is 1.53. The zero-order chi connectivity index (χ0) is 26.0. The Bertz CT molecular complexity index is 918. The number of unbranched alkanes of at least 4 members (excludes halogenated alkanes) is 7. The van der Waals surface area contributed by atoms with Crippen molar-refractivity contribution in [2.75, 3.05) is 37.6 Å². The standard InChI is InChI=1S/C29H42N2O4S/c1-4-5-6-7-8-9-10-11-20-35-25-16-13-23(14-17-25)29(33)31-26-22-24(15-18-27(26)34-2)28(32)30-19-12-21-36-3/h13-18,22H,4-12,19-21H2,1-3H3,(H,30,32)(H,31,33). The topological polar surface area (TPSA) is 76.7 Å². The van der Waals surface area contributed by atoms with Crippen LogP contribution in [0.3, 0.4) is 0 Å². The van der Waals surface area contributed by atoms with Crippen molar-refractivity contribution < 1.29 is 19.1 Å². The molecule has 6 nitrogen and oxygen atoms in total. The van der Waals surface area contributed by atoms with E-state index in [4.69, 9.17) is 9.47 Å². The van der Waals surface area contributed by atoms with E-state index in [1.807, 2.05) is 18.4 Å². The van der Waals surface area contributed by atoms with Crippen molar-refractivity contribution in [3.8, 4) is 11.5 Å². The number of amides is 2. The molecule has 0 saturated carbocycles. The van der Waals surface area contributed by atoms with Crippen molar-refractivity contribution in [2.24, 2.45) is 0 Å². The SMILES string of the molecule is CCCCCCCCCCOc1ccc(C(=O)Nc2cc(C(=O)NCCCSC)ccc2OC)cc1. The van der Waals surface area contributed by atoms with Crippen LogP contribution in [-0.2, 0) is 0 Å². The Balaban J connectivity index is 1.83. The van der Waals surface area contributed by atoms with Crippen molar-refractivity contribution in [3.63, 3.8) is 0 Å². The van der Waals surface area contributed by atoms with Crippen LogP contribution >= 0.6 is 11.8 Å². The third kappa shape index (κ3) is 10.9. The molecule has 2 N–H and O–H groups in total. The zero-order valence-electron chi connectivity index (χ0n) is 22.1. The minimum absolute atomic E-state index is 0.174. The van der Waals surface area contributed by atoms with Crippen molar-refractivity contribution in [2.45, 2.75) is 64.7 Å². The van der Waals surface area contributed by atoms with Gasteiger partial charge >= 0.3 is 0 Å². The second-order valence-electron chi connectivity index (χ2n) is 8.82. The van der Waals surface area contributed by atoms with Gasteiger partial charge in [0.25, 0.3) is 11.8 Å². The fourth-order valence-corrected chi connectivity index (χ4v) is 4.22. The van der Waals surface area contributed by atoms with E-state index < -0.39 is 0 Å². The van der Waals surface area contributed by atoms with Gasteiger partial charge in [-0.2, -0.15) is 11.8 Å². The smallest absolute Gasteiger partial charge is 0.255 e. The highest BCUT2D eigenvalue weighted by Crippen LogP contribution is 2.26. The predicted molar refractivity (Wildman–Crippen MR) is 151 cm³/mol. The molecule has 0 fully saturated rings. The van der Waals surface area contributed by atoms with E-state index >= 15 is 0 Å². The summed E-state index contributed by atoms with van der Waals surface area (Å²) in [5, 5.41) is 5.77. The van der Waals surface area contributed by atoms with Gasteiger partial charge in [0.2, 0.25) is 0 Å². The van der Waals surface area contributed by atoms with Crippen LogP contribution in [0.25, 0.3) is 0 Å². The number of rotatable bonds is 18. The van der Waals surface area contributed by atoms with Crippen molar-refractivity contribution in [1.29, 1.82) is 0 Å². The number of ether oxygens (including phenoxy) is 2. The summed E-state index contributed by atoms with van der Waals surface area (Å²) >= 11 is 1.75. The molecule has 0 aliphatic carbocycles. The van der Waals surface area contributed by atoms with E-state index in [-0.39, 0.29) is 11.8 Å². The predicted octanol–water partition coefficient (Wildman–Crippen LogP) is 6.95. The van der Waals surface area contributed by atoms with Crippen LogP contribution < -0.4 is 20.1 Å². The highest BCUT2D eigenvalue weighted by atomic mass is 32.2. The van der Waals surface area contributed by atoms with Gasteiger partial charge in [0.1, 0.15) is 11.5 Å². The summed E-state index contributed by atoms with van der Waals surface area (Å²) in [6.45, 7) is 3.54. The van der Waals surface area contributed by atoms with Crippen LogP contribution in [0.4, 0.5) is 5.69 Å². The van der Waals surface area contributed by atoms with Gasteiger partial charge in [-0.1, -0.05) is 51.9 Å².